The molecule has 3 heterocycles. The fourth-order valence-corrected chi connectivity index (χ4v) is 3.43. The third-order valence-electron chi connectivity index (χ3n) is 3.71. The minimum Gasteiger partial charge on any atom is -0.304 e. The number of thiazole rings is 1. The van der Waals surface area contributed by atoms with E-state index in [-0.39, 0.29) is 0 Å². The monoisotopic (exact) mass is 303 g/mol. The quantitative estimate of drug-likeness (QED) is 0.848. The van der Waals surface area contributed by atoms with Crippen molar-refractivity contribution in [3.63, 3.8) is 0 Å². The van der Waals surface area contributed by atoms with Crippen LogP contribution in [0.15, 0.2) is 24.0 Å². The largest absolute Gasteiger partial charge is 0.304 e. The maximum Gasteiger partial charge on any atom is 0.145 e. The Morgan fingerprint density at radius 3 is 3.10 bits per heavy atom. The molecule has 0 spiro atoms. The molecule has 2 aromatic heterocycles. The third kappa shape index (κ3) is 3.64. The molecule has 0 bridgehead atoms. The Labute approximate surface area is 129 Å². The van der Waals surface area contributed by atoms with Crippen molar-refractivity contribution in [2.24, 2.45) is 0 Å². The number of rotatable bonds is 5. The van der Waals surface area contributed by atoms with Gasteiger partial charge in [0.1, 0.15) is 5.82 Å². The van der Waals surface area contributed by atoms with Crippen molar-refractivity contribution in [2.45, 2.75) is 32.0 Å². The standard InChI is InChI=1S/C15H21N5S/c1-19(2)9-12-5-6-17-15(18-12)14-4-3-7-20(14)10-13-8-16-11-21-13/h5-6,8,11,14H,3-4,7,9-10H2,1-2H3/t14-/m1/s1. The van der Waals surface area contributed by atoms with E-state index in [1.807, 2.05) is 24.0 Å². The Hall–Kier alpha value is -1.37. The molecule has 6 heteroatoms. The van der Waals surface area contributed by atoms with Gasteiger partial charge >= 0.3 is 0 Å². The van der Waals surface area contributed by atoms with Crippen LogP contribution in [0.2, 0.25) is 0 Å². The van der Waals surface area contributed by atoms with Gasteiger partial charge in [-0.25, -0.2) is 9.97 Å². The van der Waals surface area contributed by atoms with E-state index in [2.05, 4.69) is 33.9 Å². The van der Waals surface area contributed by atoms with E-state index in [9.17, 15) is 0 Å². The first kappa shape index (κ1) is 14.6. The number of nitrogens with zero attached hydrogens (tertiary/aromatic N) is 5. The van der Waals surface area contributed by atoms with Gasteiger partial charge in [0.25, 0.3) is 0 Å². The maximum absolute atomic E-state index is 4.77. The van der Waals surface area contributed by atoms with E-state index in [1.54, 1.807) is 11.3 Å². The molecule has 0 aromatic carbocycles. The van der Waals surface area contributed by atoms with Gasteiger partial charge in [0.15, 0.2) is 0 Å². The minimum absolute atomic E-state index is 0.342. The van der Waals surface area contributed by atoms with E-state index >= 15 is 0 Å². The summed E-state index contributed by atoms with van der Waals surface area (Å²) in [5.41, 5.74) is 2.99. The number of aromatic nitrogens is 3. The Morgan fingerprint density at radius 2 is 2.33 bits per heavy atom. The maximum atomic E-state index is 4.77. The summed E-state index contributed by atoms with van der Waals surface area (Å²) >= 11 is 1.72. The lowest BCUT2D eigenvalue weighted by Gasteiger charge is -2.23. The van der Waals surface area contributed by atoms with Crippen LogP contribution in [-0.2, 0) is 13.1 Å². The van der Waals surface area contributed by atoms with Gasteiger partial charge in [-0.15, -0.1) is 11.3 Å². The molecule has 1 aliphatic heterocycles. The van der Waals surface area contributed by atoms with Gasteiger partial charge in [-0.2, -0.15) is 0 Å². The lowest BCUT2D eigenvalue weighted by atomic mass is 10.2. The van der Waals surface area contributed by atoms with Gasteiger partial charge < -0.3 is 4.90 Å². The van der Waals surface area contributed by atoms with E-state index in [0.717, 1.165) is 37.6 Å². The molecule has 1 aliphatic rings. The number of hydrogen-bond donors (Lipinski definition) is 0. The van der Waals surface area contributed by atoms with Crippen molar-refractivity contribution in [1.82, 2.24) is 24.8 Å². The molecule has 5 nitrogen and oxygen atoms in total. The van der Waals surface area contributed by atoms with E-state index in [0.29, 0.717) is 6.04 Å². The Morgan fingerprint density at radius 1 is 1.43 bits per heavy atom. The van der Waals surface area contributed by atoms with Crippen LogP contribution < -0.4 is 0 Å². The summed E-state index contributed by atoms with van der Waals surface area (Å²) in [6, 6.07) is 2.35. The summed E-state index contributed by atoms with van der Waals surface area (Å²) < 4.78 is 0. The molecule has 0 saturated carbocycles. The Bertz CT molecular complexity index is 569. The molecule has 0 aliphatic carbocycles. The lowest BCUT2D eigenvalue weighted by Crippen LogP contribution is -2.24. The molecule has 112 valence electrons. The Kier molecular flexibility index (Phi) is 4.57. The predicted molar refractivity (Wildman–Crippen MR) is 83.9 cm³/mol. The summed E-state index contributed by atoms with van der Waals surface area (Å²) in [6.45, 7) is 2.93. The molecule has 0 radical (unpaired) electrons. The summed E-state index contributed by atoms with van der Waals surface area (Å²) in [6.07, 6.45) is 6.21. The average molecular weight is 303 g/mol. The Balaban J connectivity index is 1.75. The van der Waals surface area contributed by atoms with Crippen LogP contribution >= 0.6 is 11.3 Å². The van der Waals surface area contributed by atoms with E-state index < -0.39 is 0 Å². The van der Waals surface area contributed by atoms with Crippen molar-refractivity contribution in [2.75, 3.05) is 20.6 Å². The molecule has 0 N–H and O–H groups in total. The first-order chi connectivity index (χ1) is 10.2. The van der Waals surface area contributed by atoms with Crippen molar-refractivity contribution < 1.29 is 0 Å². The highest BCUT2D eigenvalue weighted by molar-refractivity contribution is 7.09. The number of hydrogen-bond acceptors (Lipinski definition) is 6. The van der Waals surface area contributed by atoms with Crippen LogP contribution in [0.5, 0.6) is 0 Å². The van der Waals surface area contributed by atoms with Gasteiger partial charge in [-0.05, 0) is 39.5 Å². The molecule has 0 amide bonds. The zero-order valence-corrected chi connectivity index (χ0v) is 13.4. The zero-order valence-electron chi connectivity index (χ0n) is 12.6. The first-order valence-corrected chi connectivity index (χ1v) is 8.18. The van der Waals surface area contributed by atoms with Gasteiger partial charge in [-0.1, -0.05) is 0 Å². The highest BCUT2D eigenvalue weighted by Gasteiger charge is 2.28. The van der Waals surface area contributed by atoms with Gasteiger partial charge in [-0.3, -0.25) is 9.88 Å². The van der Waals surface area contributed by atoms with E-state index in [4.69, 9.17) is 4.98 Å². The molecule has 0 unspecified atom stereocenters. The van der Waals surface area contributed by atoms with Crippen molar-refractivity contribution in [1.29, 1.82) is 0 Å². The molecule has 21 heavy (non-hydrogen) atoms. The van der Waals surface area contributed by atoms with Gasteiger partial charge in [0.2, 0.25) is 0 Å². The summed E-state index contributed by atoms with van der Waals surface area (Å²) in [5, 5.41) is 0. The minimum atomic E-state index is 0.342. The van der Waals surface area contributed by atoms with Crippen LogP contribution in [0, 0.1) is 0 Å². The SMILES string of the molecule is CN(C)Cc1ccnc([C@H]2CCCN2Cc2cncs2)n1. The second-order valence-corrected chi connectivity index (χ2v) is 6.71. The molecule has 2 aromatic rings. The van der Waals surface area contributed by atoms with Crippen LogP contribution in [0.3, 0.4) is 0 Å². The molecule has 1 fully saturated rings. The third-order valence-corrected chi connectivity index (χ3v) is 4.48. The zero-order chi connectivity index (χ0) is 14.7. The fourth-order valence-electron chi connectivity index (χ4n) is 2.81. The molecular weight excluding hydrogens is 282 g/mol. The molecule has 3 rings (SSSR count). The summed E-state index contributed by atoms with van der Waals surface area (Å²) in [4.78, 5) is 19.4. The van der Waals surface area contributed by atoms with Crippen LogP contribution in [0.4, 0.5) is 0 Å². The van der Waals surface area contributed by atoms with Crippen molar-refractivity contribution in [3.8, 4) is 0 Å². The van der Waals surface area contributed by atoms with Gasteiger partial charge in [0.05, 0.1) is 17.2 Å². The van der Waals surface area contributed by atoms with Crippen LogP contribution in [0.25, 0.3) is 0 Å². The van der Waals surface area contributed by atoms with Crippen LogP contribution in [-0.4, -0.2) is 45.4 Å². The topological polar surface area (TPSA) is 45.2 Å². The normalized spacial score (nSPS) is 19.5. The second kappa shape index (κ2) is 6.60. The van der Waals surface area contributed by atoms with Crippen molar-refractivity contribution in [3.05, 3.63) is 40.4 Å². The summed E-state index contributed by atoms with van der Waals surface area (Å²) in [7, 11) is 4.13. The van der Waals surface area contributed by atoms with Crippen molar-refractivity contribution >= 4 is 11.3 Å². The number of likely N-dealkylation sites (tertiary alicyclic amines) is 1. The molecule has 1 atom stereocenters. The van der Waals surface area contributed by atoms with E-state index in [1.165, 1.54) is 11.3 Å². The highest BCUT2D eigenvalue weighted by Crippen LogP contribution is 2.31. The first-order valence-electron chi connectivity index (χ1n) is 7.30. The fraction of sp³-hybridized carbons (Fsp3) is 0.533. The molecule has 1 saturated heterocycles. The highest BCUT2D eigenvalue weighted by atomic mass is 32.1. The predicted octanol–water partition coefficient (Wildman–Crippen LogP) is 2.33. The van der Waals surface area contributed by atoms with Gasteiger partial charge in [0, 0.05) is 30.4 Å². The summed E-state index contributed by atoms with van der Waals surface area (Å²) in [5.74, 6) is 0.969. The van der Waals surface area contributed by atoms with Crippen LogP contribution in [0.1, 0.15) is 35.3 Å². The lowest BCUT2D eigenvalue weighted by molar-refractivity contribution is 0.241. The second-order valence-electron chi connectivity index (χ2n) is 5.74. The molecular formula is C15H21N5S. The average Bonchev–Trinajstić information content (AvgIpc) is 3.10. The smallest absolute Gasteiger partial charge is 0.145 e.